The highest BCUT2D eigenvalue weighted by Crippen LogP contribution is 2.13. The zero-order valence-electron chi connectivity index (χ0n) is 10.4. The van der Waals surface area contributed by atoms with E-state index in [1.54, 1.807) is 4.90 Å². The maximum Gasteiger partial charge on any atom is 0.254 e. The minimum atomic E-state index is -0.621. The van der Waals surface area contributed by atoms with E-state index in [0.717, 1.165) is 25.9 Å². The van der Waals surface area contributed by atoms with Crippen molar-refractivity contribution in [2.75, 3.05) is 19.6 Å². The predicted octanol–water partition coefficient (Wildman–Crippen LogP) is 1.47. The van der Waals surface area contributed by atoms with Gasteiger partial charge in [-0.25, -0.2) is 4.39 Å². The Morgan fingerprint density at radius 1 is 1.32 bits per heavy atom. The fourth-order valence-corrected chi connectivity index (χ4v) is 2.22. The molecule has 2 amide bonds. The quantitative estimate of drug-likeness (QED) is 0.825. The van der Waals surface area contributed by atoms with E-state index < -0.39 is 11.7 Å². The molecule has 1 N–H and O–H groups in total. The molecule has 1 heterocycles. The van der Waals surface area contributed by atoms with Crippen LogP contribution in [0.4, 0.5) is 4.39 Å². The van der Waals surface area contributed by atoms with Crippen molar-refractivity contribution in [1.29, 1.82) is 0 Å². The number of carbonyl (C=O) groups is 2. The van der Waals surface area contributed by atoms with E-state index >= 15 is 0 Å². The fourth-order valence-electron chi connectivity index (χ4n) is 2.02. The number of hydrogen-bond donors (Lipinski definition) is 2. The first-order chi connectivity index (χ1) is 9.08. The van der Waals surface area contributed by atoms with Gasteiger partial charge in [-0.15, -0.1) is 12.6 Å². The summed E-state index contributed by atoms with van der Waals surface area (Å²) in [4.78, 5) is 25.7. The van der Waals surface area contributed by atoms with Gasteiger partial charge in [0.25, 0.3) is 5.91 Å². The molecule has 0 radical (unpaired) electrons. The smallest absolute Gasteiger partial charge is 0.254 e. The standard InChI is InChI=1S/C13H15FN2O2S/c14-11-4-3-9(19)7-10(11)13(18)15-8-12(17)16-5-1-2-6-16/h3-4,7,19H,1-2,5-6,8H2,(H,15,18). The lowest BCUT2D eigenvalue weighted by atomic mass is 10.2. The number of likely N-dealkylation sites (tertiary alicyclic amines) is 1. The summed E-state index contributed by atoms with van der Waals surface area (Å²) < 4.78 is 13.5. The largest absolute Gasteiger partial charge is 0.343 e. The van der Waals surface area contributed by atoms with Crippen molar-refractivity contribution >= 4 is 24.4 Å². The summed E-state index contributed by atoms with van der Waals surface area (Å²) in [5.41, 5.74) is -0.0956. The molecule has 0 bridgehead atoms. The number of halogens is 1. The van der Waals surface area contributed by atoms with Crippen molar-refractivity contribution in [1.82, 2.24) is 10.2 Å². The summed E-state index contributed by atoms with van der Waals surface area (Å²) in [5.74, 6) is -1.35. The summed E-state index contributed by atoms with van der Waals surface area (Å²) in [6.07, 6.45) is 1.99. The monoisotopic (exact) mass is 282 g/mol. The molecule has 1 aliphatic heterocycles. The van der Waals surface area contributed by atoms with Crippen molar-refractivity contribution in [3.05, 3.63) is 29.6 Å². The van der Waals surface area contributed by atoms with Crippen molar-refractivity contribution < 1.29 is 14.0 Å². The fraction of sp³-hybridized carbons (Fsp3) is 0.385. The van der Waals surface area contributed by atoms with Crippen LogP contribution in [0.15, 0.2) is 23.1 Å². The normalized spacial score (nSPS) is 14.5. The van der Waals surface area contributed by atoms with Crippen LogP contribution in [0.2, 0.25) is 0 Å². The summed E-state index contributed by atoms with van der Waals surface area (Å²) in [6.45, 7) is 1.36. The number of rotatable bonds is 3. The lowest BCUT2D eigenvalue weighted by Crippen LogP contribution is -2.38. The lowest BCUT2D eigenvalue weighted by Gasteiger charge is -2.15. The molecular weight excluding hydrogens is 267 g/mol. The highest BCUT2D eigenvalue weighted by atomic mass is 32.1. The molecule has 4 nitrogen and oxygen atoms in total. The van der Waals surface area contributed by atoms with E-state index in [1.165, 1.54) is 18.2 Å². The van der Waals surface area contributed by atoms with Crippen LogP contribution >= 0.6 is 12.6 Å². The minimum Gasteiger partial charge on any atom is -0.343 e. The number of benzene rings is 1. The number of amides is 2. The van der Waals surface area contributed by atoms with Crippen molar-refractivity contribution in [3.8, 4) is 0 Å². The number of nitrogens with zero attached hydrogens (tertiary/aromatic N) is 1. The van der Waals surface area contributed by atoms with Gasteiger partial charge in [-0.3, -0.25) is 9.59 Å². The Hall–Kier alpha value is -1.56. The Bertz CT molecular complexity index is 501. The van der Waals surface area contributed by atoms with Gasteiger partial charge < -0.3 is 10.2 Å². The second kappa shape index (κ2) is 6.06. The molecular formula is C13H15FN2O2S. The molecule has 1 aliphatic rings. The van der Waals surface area contributed by atoms with Crippen LogP contribution in [0.25, 0.3) is 0 Å². The molecule has 0 atom stereocenters. The topological polar surface area (TPSA) is 49.4 Å². The Morgan fingerprint density at radius 2 is 2.00 bits per heavy atom. The van der Waals surface area contributed by atoms with Gasteiger partial charge in [0.2, 0.25) is 5.91 Å². The van der Waals surface area contributed by atoms with Gasteiger partial charge in [-0.2, -0.15) is 0 Å². The number of carbonyl (C=O) groups excluding carboxylic acids is 2. The molecule has 1 saturated heterocycles. The summed E-state index contributed by atoms with van der Waals surface area (Å²) in [7, 11) is 0. The lowest BCUT2D eigenvalue weighted by molar-refractivity contribution is -0.129. The molecule has 102 valence electrons. The summed E-state index contributed by atoms with van der Waals surface area (Å²) in [5, 5.41) is 2.44. The second-order valence-electron chi connectivity index (χ2n) is 4.43. The third kappa shape index (κ3) is 3.47. The number of hydrogen-bond acceptors (Lipinski definition) is 3. The van der Waals surface area contributed by atoms with Crippen LogP contribution in [0, 0.1) is 5.82 Å². The van der Waals surface area contributed by atoms with Crippen molar-refractivity contribution in [3.63, 3.8) is 0 Å². The minimum absolute atomic E-state index is 0.0956. The maximum absolute atomic E-state index is 13.5. The highest BCUT2D eigenvalue weighted by molar-refractivity contribution is 7.80. The van der Waals surface area contributed by atoms with Crippen LogP contribution < -0.4 is 5.32 Å². The van der Waals surface area contributed by atoms with E-state index in [4.69, 9.17) is 0 Å². The third-order valence-electron chi connectivity index (χ3n) is 3.05. The molecule has 0 aliphatic carbocycles. The van der Waals surface area contributed by atoms with E-state index in [9.17, 15) is 14.0 Å². The Labute approximate surface area is 116 Å². The highest BCUT2D eigenvalue weighted by Gasteiger charge is 2.19. The SMILES string of the molecule is O=C(NCC(=O)N1CCCC1)c1cc(S)ccc1F. The van der Waals surface area contributed by atoms with Crippen LogP contribution in [0.1, 0.15) is 23.2 Å². The molecule has 6 heteroatoms. The summed E-state index contributed by atoms with van der Waals surface area (Å²) in [6, 6.07) is 3.98. The molecule has 1 aromatic carbocycles. The van der Waals surface area contributed by atoms with Gasteiger partial charge in [0.05, 0.1) is 12.1 Å². The van der Waals surface area contributed by atoms with Gasteiger partial charge in [-0.1, -0.05) is 0 Å². The van der Waals surface area contributed by atoms with E-state index in [-0.39, 0.29) is 18.0 Å². The zero-order valence-corrected chi connectivity index (χ0v) is 11.3. The van der Waals surface area contributed by atoms with Crippen molar-refractivity contribution in [2.45, 2.75) is 17.7 Å². The average Bonchev–Trinajstić information content (AvgIpc) is 2.92. The van der Waals surface area contributed by atoms with Crippen LogP contribution in [-0.2, 0) is 4.79 Å². The van der Waals surface area contributed by atoms with Gasteiger partial charge in [0.1, 0.15) is 5.82 Å². The Morgan fingerprint density at radius 3 is 2.68 bits per heavy atom. The zero-order chi connectivity index (χ0) is 13.8. The average molecular weight is 282 g/mol. The molecule has 1 aromatic rings. The molecule has 0 spiro atoms. The Kier molecular flexibility index (Phi) is 4.42. The van der Waals surface area contributed by atoms with E-state index in [0.29, 0.717) is 4.90 Å². The van der Waals surface area contributed by atoms with Gasteiger partial charge >= 0.3 is 0 Å². The number of thiol groups is 1. The van der Waals surface area contributed by atoms with Crippen LogP contribution in [-0.4, -0.2) is 36.3 Å². The first-order valence-corrected chi connectivity index (χ1v) is 6.57. The molecule has 19 heavy (non-hydrogen) atoms. The van der Waals surface area contributed by atoms with Gasteiger partial charge in [0, 0.05) is 18.0 Å². The van der Waals surface area contributed by atoms with E-state index in [2.05, 4.69) is 17.9 Å². The maximum atomic E-state index is 13.5. The van der Waals surface area contributed by atoms with Gasteiger partial charge in [0.15, 0.2) is 0 Å². The second-order valence-corrected chi connectivity index (χ2v) is 4.95. The predicted molar refractivity (Wildman–Crippen MR) is 71.8 cm³/mol. The third-order valence-corrected chi connectivity index (χ3v) is 3.33. The van der Waals surface area contributed by atoms with Crippen molar-refractivity contribution in [2.24, 2.45) is 0 Å². The molecule has 1 fully saturated rings. The first kappa shape index (κ1) is 13.9. The van der Waals surface area contributed by atoms with Crippen LogP contribution in [0.3, 0.4) is 0 Å². The molecule has 0 aromatic heterocycles. The molecule has 2 rings (SSSR count). The first-order valence-electron chi connectivity index (χ1n) is 6.12. The number of nitrogens with one attached hydrogen (secondary N) is 1. The summed E-state index contributed by atoms with van der Waals surface area (Å²) >= 11 is 4.05. The van der Waals surface area contributed by atoms with Crippen LogP contribution in [0.5, 0.6) is 0 Å². The van der Waals surface area contributed by atoms with Gasteiger partial charge in [-0.05, 0) is 31.0 Å². The Balaban J connectivity index is 1.93. The molecule has 0 saturated carbocycles. The molecule has 0 unspecified atom stereocenters. The van der Waals surface area contributed by atoms with E-state index in [1.807, 2.05) is 0 Å².